The molecule has 1 aliphatic rings. The summed E-state index contributed by atoms with van der Waals surface area (Å²) < 4.78 is 21.9. The quantitative estimate of drug-likeness (QED) is 0.0694. The summed E-state index contributed by atoms with van der Waals surface area (Å²) in [6, 6.07) is 1.44. The molecular weight excluding hydrogens is 497 g/mol. The zero-order valence-electron chi connectivity index (χ0n) is 23.6. The van der Waals surface area contributed by atoms with E-state index in [0.717, 1.165) is 36.8 Å². The molecule has 0 aliphatic heterocycles. The van der Waals surface area contributed by atoms with Gasteiger partial charge < -0.3 is 15.3 Å². The lowest BCUT2D eigenvalue weighted by Crippen LogP contribution is -2.27. The summed E-state index contributed by atoms with van der Waals surface area (Å²) >= 11 is 0. The van der Waals surface area contributed by atoms with Gasteiger partial charge in [0.1, 0.15) is 17.8 Å². The van der Waals surface area contributed by atoms with E-state index in [1.54, 1.807) is 29.8 Å². The van der Waals surface area contributed by atoms with Gasteiger partial charge in [-0.25, -0.2) is 14.4 Å². The molecule has 1 aromatic rings. The standard InChI is InChI=1S/C30H42FN5O3/c1-6-9-11-12-14-28-34-27(32-4)19-29(37)36(28)20-23-16-15-22(17-18-26(23)31)24(8-3)25(13-10-7-2)30(35-38)33-21-39-5/h7-8,15-19,21,25-26,32,38H,2,6,9-14,20H2,1,3-5H3/b24-8-,33-21?,35-30-. The van der Waals surface area contributed by atoms with Crippen molar-refractivity contribution in [3.05, 3.63) is 82.0 Å². The lowest BCUT2D eigenvalue weighted by Gasteiger charge is -2.19. The number of amidine groups is 1. The second-order valence-electron chi connectivity index (χ2n) is 9.26. The number of halogens is 1. The number of alkyl halides is 1. The van der Waals surface area contributed by atoms with Crippen LogP contribution in [0, 0.1) is 5.92 Å². The summed E-state index contributed by atoms with van der Waals surface area (Å²) in [5.41, 5.74) is 1.81. The van der Waals surface area contributed by atoms with E-state index in [1.165, 1.54) is 25.7 Å². The van der Waals surface area contributed by atoms with Crippen molar-refractivity contribution in [1.29, 1.82) is 0 Å². The molecule has 0 saturated carbocycles. The molecule has 0 bridgehead atoms. The SMILES string of the molecule is C=CCCC(/C(N=COC)=N/O)/C(=C\C)C1=CC=C(Cn2c(CCCCCC)nc(NC)cc2=O)C(F)C=C1. The van der Waals surface area contributed by atoms with E-state index in [1.807, 2.05) is 19.1 Å². The lowest BCUT2D eigenvalue weighted by atomic mass is 9.87. The lowest BCUT2D eigenvalue weighted by molar-refractivity contribution is 0.314. The maximum atomic E-state index is 15.4. The second-order valence-corrected chi connectivity index (χ2v) is 9.26. The van der Waals surface area contributed by atoms with Crippen molar-refractivity contribution >= 4 is 18.1 Å². The third-order valence-electron chi connectivity index (χ3n) is 6.60. The third kappa shape index (κ3) is 9.19. The number of allylic oxidation sites excluding steroid dienone is 8. The van der Waals surface area contributed by atoms with E-state index in [9.17, 15) is 10.0 Å². The van der Waals surface area contributed by atoms with Gasteiger partial charge in [0.2, 0.25) is 0 Å². The van der Waals surface area contributed by atoms with E-state index in [-0.39, 0.29) is 23.9 Å². The van der Waals surface area contributed by atoms with Crippen LogP contribution >= 0.6 is 0 Å². The number of anilines is 1. The fourth-order valence-corrected chi connectivity index (χ4v) is 4.49. The van der Waals surface area contributed by atoms with Crippen LogP contribution in [0.15, 0.2) is 80.8 Å². The number of hydrogen-bond acceptors (Lipinski definition) is 6. The molecule has 2 N–H and O–H groups in total. The number of hydrogen-bond donors (Lipinski definition) is 2. The van der Waals surface area contributed by atoms with E-state index >= 15 is 4.39 Å². The molecule has 2 rings (SSSR count). The Bertz CT molecular complexity index is 1190. The molecule has 0 aromatic carbocycles. The molecule has 0 amide bonds. The highest BCUT2D eigenvalue weighted by molar-refractivity contribution is 5.92. The summed E-state index contributed by atoms with van der Waals surface area (Å²) in [7, 11) is 3.19. The Balaban J connectivity index is 2.45. The summed E-state index contributed by atoms with van der Waals surface area (Å²) in [6.45, 7) is 7.92. The molecule has 212 valence electrons. The van der Waals surface area contributed by atoms with Crippen molar-refractivity contribution in [3.8, 4) is 0 Å². The number of methoxy groups -OCH3 is 1. The molecule has 1 aromatic heterocycles. The predicted octanol–water partition coefficient (Wildman–Crippen LogP) is 6.16. The average molecular weight is 540 g/mol. The van der Waals surface area contributed by atoms with Gasteiger partial charge in [-0.15, -0.1) is 6.58 Å². The van der Waals surface area contributed by atoms with E-state index in [2.05, 4.69) is 34.0 Å². The highest BCUT2D eigenvalue weighted by Gasteiger charge is 2.24. The average Bonchev–Trinajstić information content (AvgIpc) is 3.12. The van der Waals surface area contributed by atoms with Crippen molar-refractivity contribution in [2.24, 2.45) is 16.1 Å². The molecule has 9 heteroatoms. The van der Waals surface area contributed by atoms with Crippen LogP contribution in [0.1, 0.15) is 58.2 Å². The molecule has 1 heterocycles. The number of aryl methyl sites for hydroxylation is 1. The molecule has 0 spiro atoms. The summed E-state index contributed by atoms with van der Waals surface area (Å²) in [6.07, 6.45) is 16.3. The largest absolute Gasteiger partial charge is 0.486 e. The number of aromatic nitrogens is 2. The Morgan fingerprint density at radius 1 is 1.36 bits per heavy atom. The van der Waals surface area contributed by atoms with Crippen LogP contribution in [0.3, 0.4) is 0 Å². The van der Waals surface area contributed by atoms with Crippen LogP contribution in [0.5, 0.6) is 0 Å². The first-order valence-electron chi connectivity index (χ1n) is 13.5. The van der Waals surface area contributed by atoms with Crippen molar-refractivity contribution in [2.75, 3.05) is 19.5 Å². The predicted molar refractivity (Wildman–Crippen MR) is 157 cm³/mol. The minimum atomic E-state index is -1.38. The normalized spacial score (nSPS) is 17.0. The maximum absolute atomic E-state index is 15.4. The zero-order valence-corrected chi connectivity index (χ0v) is 23.6. The van der Waals surface area contributed by atoms with Crippen LogP contribution in [-0.2, 0) is 17.7 Å². The van der Waals surface area contributed by atoms with Crippen LogP contribution in [0.4, 0.5) is 10.2 Å². The highest BCUT2D eigenvalue weighted by atomic mass is 19.1. The molecule has 2 unspecified atom stereocenters. The summed E-state index contributed by atoms with van der Waals surface area (Å²) in [5.74, 6) is 0.966. The number of nitrogens with one attached hydrogen (secondary N) is 1. The number of oxime groups is 1. The second kappa shape index (κ2) is 17.0. The van der Waals surface area contributed by atoms with Crippen molar-refractivity contribution < 1.29 is 14.3 Å². The minimum absolute atomic E-state index is 0.0980. The fraction of sp³-hybridized carbons (Fsp3) is 0.467. The molecule has 39 heavy (non-hydrogen) atoms. The van der Waals surface area contributed by atoms with Gasteiger partial charge in [0, 0.05) is 25.5 Å². The molecule has 0 radical (unpaired) electrons. The Kier molecular flexibility index (Phi) is 13.7. The summed E-state index contributed by atoms with van der Waals surface area (Å²) in [4.78, 5) is 21.8. The first-order chi connectivity index (χ1) is 18.9. The fourth-order valence-electron chi connectivity index (χ4n) is 4.49. The van der Waals surface area contributed by atoms with Crippen molar-refractivity contribution in [1.82, 2.24) is 9.55 Å². The molecule has 0 saturated heterocycles. The van der Waals surface area contributed by atoms with E-state index in [0.29, 0.717) is 36.5 Å². The zero-order chi connectivity index (χ0) is 28.6. The molecule has 1 aliphatic carbocycles. The van der Waals surface area contributed by atoms with Gasteiger partial charge in [-0.05, 0) is 49.0 Å². The number of nitrogens with zero attached hydrogens (tertiary/aromatic N) is 4. The first-order valence-corrected chi connectivity index (χ1v) is 13.5. The Morgan fingerprint density at radius 3 is 2.79 bits per heavy atom. The van der Waals surface area contributed by atoms with Gasteiger partial charge in [0.05, 0.1) is 13.7 Å². The topological polar surface area (TPSA) is 101 Å². The van der Waals surface area contributed by atoms with E-state index in [4.69, 9.17) is 4.74 Å². The van der Waals surface area contributed by atoms with Gasteiger partial charge in [-0.2, -0.15) is 0 Å². The van der Waals surface area contributed by atoms with Crippen molar-refractivity contribution in [2.45, 2.75) is 71.5 Å². The smallest absolute Gasteiger partial charge is 0.255 e. The van der Waals surface area contributed by atoms with Crippen LogP contribution in [-0.4, -0.2) is 47.3 Å². The molecule has 8 nitrogen and oxygen atoms in total. The van der Waals surface area contributed by atoms with Gasteiger partial charge in [-0.3, -0.25) is 9.36 Å². The Labute approximate surface area is 231 Å². The van der Waals surface area contributed by atoms with Gasteiger partial charge in [-0.1, -0.05) is 61.7 Å². The highest BCUT2D eigenvalue weighted by Crippen LogP contribution is 2.30. The number of rotatable bonds is 15. The molecule has 0 fully saturated rings. The first kappa shape index (κ1) is 31.5. The van der Waals surface area contributed by atoms with Crippen LogP contribution in [0.2, 0.25) is 0 Å². The molecule has 2 atom stereocenters. The Morgan fingerprint density at radius 2 is 2.15 bits per heavy atom. The molecular formula is C30H42FN5O3. The van der Waals surface area contributed by atoms with Gasteiger partial charge in [0.25, 0.3) is 5.56 Å². The van der Waals surface area contributed by atoms with Crippen LogP contribution < -0.4 is 10.9 Å². The van der Waals surface area contributed by atoms with Gasteiger partial charge >= 0.3 is 0 Å². The number of ether oxygens (including phenoxy) is 1. The summed E-state index contributed by atoms with van der Waals surface area (Å²) in [5, 5.41) is 16.0. The third-order valence-corrected chi connectivity index (χ3v) is 6.60. The van der Waals surface area contributed by atoms with Gasteiger partial charge in [0.15, 0.2) is 12.2 Å². The Hall–Kier alpha value is -3.75. The van der Waals surface area contributed by atoms with E-state index < -0.39 is 6.17 Å². The minimum Gasteiger partial charge on any atom is -0.486 e. The maximum Gasteiger partial charge on any atom is 0.255 e. The van der Waals surface area contributed by atoms with Crippen LogP contribution in [0.25, 0.3) is 0 Å². The number of unbranched alkanes of at least 4 members (excludes halogenated alkanes) is 3. The monoisotopic (exact) mass is 539 g/mol. The number of aliphatic imine (C=N–C) groups is 1. The van der Waals surface area contributed by atoms with Crippen molar-refractivity contribution in [3.63, 3.8) is 0 Å².